The first-order valence-electron chi connectivity index (χ1n) is 6.89. The molecule has 1 atom stereocenters. The van der Waals surface area contributed by atoms with Gasteiger partial charge in [-0.3, -0.25) is 4.79 Å². The number of nitrogens with one attached hydrogen (secondary N) is 1. The van der Waals surface area contributed by atoms with Crippen molar-refractivity contribution in [3.63, 3.8) is 0 Å². The van der Waals surface area contributed by atoms with Crippen LogP contribution in [0.25, 0.3) is 0 Å². The summed E-state index contributed by atoms with van der Waals surface area (Å²) >= 11 is 5.93. The molecule has 0 aliphatic heterocycles. The maximum atomic E-state index is 12.9. The molecular formula is C17H17ClFNO2. The van der Waals surface area contributed by atoms with Gasteiger partial charge < -0.3 is 10.1 Å². The second-order valence-electron chi connectivity index (χ2n) is 5.04. The van der Waals surface area contributed by atoms with Crippen molar-refractivity contribution < 1.29 is 13.9 Å². The average Bonchev–Trinajstić information content (AvgIpc) is 2.49. The lowest BCUT2D eigenvalue weighted by molar-refractivity contribution is -0.123. The zero-order valence-corrected chi connectivity index (χ0v) is 13.2. The highest BCUT2D eigenvalue weighted by molar-refractivity contribution is 6.31. The fourth-order valence-electron chi connectivity index (χ4n) is 1.97. The topological polar surface area (TPSA) is 38.3 Å². The van der Waals surface area contributed by atoms with Gasteiger partial charge in [0.2, 0.25) is 0 Å². The van der Waals surface area contributed by atoms with E-state index in [0.717, 1.165) is 11.1 Å². The molecule has 3 nitrogen and oxygen atoms in total. The van der Waals surface area contributed by atoms with Gasteiger partial charge in [-0.15, -0.1) is 0 Å². The summed E-state index contributed by atoms with van der Waals surface area (Å²) in [5, 5.41) is 3.45. The van der Waals surface area contributed by atoms with Crippen molar-refractivity contribution in [2.75, 3.05) is 6.61 Å². The van der Waals surface area contributed by atoms with E-state index in [1.54, 1.807) is 30.3 Å². The normalized spacial score (nSPS) is 11.8. The zero-order chi connectivity index (χ0) is 16.1. The Hall–Kier alpha value is -2.07. The van der Waals surface area contributed by atoms with Gasteiger partial charge in [0.25, 0.3) is 5.91 Å². The molecule has 0 aliphatic carbocycles. The molecule has 22 heavy (non-hydrogen) atoms. The SMILES string of the molecule is Cc1cc(OCC(=O)N[C@@H](C)c2ccc(F)cc2)ccc1Cl. The highest BCUT2D eigenvalue weighted by Crippen LogP contribution is 2.21. The minimum absolute atomic E-state index is 0.0907. The summed E-state index contributed by atoms with van der Waals surface area (Å²) in [5.41, 5.74) is 1.72. The first-order valence-corrected chi connectivity index (χ1v) is 7.27. The zero-order valence-electron chi connectivity index (χ0n) is 12.4. The van der Waals surface area contributed by atoms with Gasteiger partial charge in [0, 0.05) is 5.02 Å². The minimum Gasteiger partial charge on any atom is -0.484 e. The molecule has 0 saturated carbocycles. The molecule has 0 aromatic heterocycles. The third kappa shape index (κ3) is 4.46. The van der Waals surface area contributed by atoms with E-state index in [0.29, 0.717) is 10.8 Å². The summed E-state index contributed by atoms with van der Waals surface area (Å²) < 4.78 is 18.3. The molecular weight excluding hydrogens is 305 g/mol. The molecule has 2 aromatic rings. The second kappa shape index (κ2) is 7.27. The Balaban J connectivity index is 1.87. The highest BCUT2D eigenvalue weighted by atomic mass is 35.5. The van der Waals surface area contributed by atoms with Gasteiger partial charge in [0.15, 0.2) is 6.61 Å². The van der Waals surface area contributed by atoms with E-state index in [-0.39, 0.29) is 24.4 Å². The van der Waals surface area contributed by atoms with Crippen LogP contribution in [0, 0.1) is 12.7 Å². The Kier molecular flexibility index (Phi) is 5.39. The molecule has 2 aromatic carbocycles. The number of aryl methyl sites for hydroxylation is 1. The molecule has 0 heterocycles. The van der Waals surface area contributed by atoms with Crippen LogP contribution in [0.1, 0.15) is 24.1 Å². The van der Waals surface area contributed by atoms with Crippen LogP contribution in [-0.2, 0) is 4.79 Å². The van der Waals surface area contributed by atoms with Crippen molar-refractivity contribution in [1.29, 1.82) is 0 Å². The molecule has 0 unspecified atom stereocenters. The third-order valence-electron chi connectivity index (χ3n) is 3.25. The van der Waals surface area contributed by atoms with E-state index >= 15 is 0 Å². The molecule has 2 rings (SSSR count). The Bertz CT molecular complexity index is 658. The molecule has 5 heteroatoms. The van der Waals surface area contributed by atoms with Crippen molar-refractivity contribution in [3.8, 4) is 5.75 Å². The van der Waals surface area contributed by atoms with Crippen LogP contribution in [0.5, 0.6) is 5.75 Å². The van der Waals surface area contributed by atoms with Gasteiger partial charge in [-0.25, -0.2) is 4.39 Å². The Morgan fingerprint density at radius 3 is 2.59 bits per heavy atom. The van der Waals surface area contributed by atoms with E-state index in [9.17, 15) is 9.18 Å². The Morgan fingerprint density at radius 1 is 1.27 bits per heavy atom. The number of amides is 1. The number of halogens is 2. The van der Waals surface area contributed by atoms with Crippen molar-refractivity contribution in [2.45, 2.75) is 19.9 Å². The Morgan fingerprint density at radius 2 is 1.95 bits per heavy atom. The van der Waals surface area contributed by atoms with Crippen LogP contribution in [-0.4, -0.2) is 12.5 Å². The third-order valence-corrected chi connectivity index (χ3v) is 3.67. The van der Waals surface area contributed by atoms with Gasteiger partial charge in [-0.1, -0.05) is 23.7 Å². The quantitative estimate of drug-likeness (QED) is 0.902. The van der Waals surface area contributed by atoms with E-state index in [1.165, 1.54) is 12.1 Å². The van der Waals surface area contributed by atoms with E-state index in [1.807, 2.05) is 13.8 Å². The van der Waals surface area contributed by atoms with Crippen LogP contribution < -0.4 is 10.1 Å². The molecule has 0 radical (unpaired) electrons. The van der Waals surface area contributed by atoms with Gasteiger partial charge in [-0.2, -0.15) is 0 Å². The maximum Gasteiger partial charge on any atom is 0.258 e. The molecule has 0 aliphatic rings. The fraction of sp³-hybridized carbons (Fsp3) is 0.235. The number of benzene rings is 2. The molecule has 1 N–H and O–H groups in total. The predicted molar refractivity (Wildman–Crippen MR) is 84.6 cm³/mol. The molecule has 0 fully saturated rings. The van der Waals surface area contributed by atoms with Crippen molar-refractivity contribution in [2.24, 2.45) is 0 Å². The second-order valence-corrected chi connectivity index (χ2v) is 5.45. The lowest BCUT2D eigenvalue weighted by Crippen LogP contribution is -2.31. The molecule has 0 bridgehead atoms. The van der Waals surface area contributed by atoms with E-state index in [2.05, 4.69) is 5.32 Å². The largest absolute Gasteiger partial charge is 0.484 e. The van der Waals surface area contributed by atoms with Gasteiger partial charge in [0.1, 0.15) is 11.6 Å². The van der Waals surface area contributed by atoms with Crippen LogP contribution in [0.2, 0.25) is 5.02 Å². The predicted octanol–water partition coefficient (Wildman–Crippen LogP) is 4.04. The van der Waals surface area contributed by atoms with Crippen LogP contribution >= 0.6 is 11.6 Å². The number of carbonyl (C=O) groups is 1. The minimum atomic E-state index is -0.302. The monoisotopic (exact) mass is 321 g/mol. The maximum absolute atomic E-state index is 12.9. The number of rotatable bonds is 5. The van der Waals surface area contributed by atoms with E-state index in [4.69, 9.17) is 16.3 Å². The number of hydrogen-bond donors (Lipinski definition) is 1. The van der Waals surface area contributed by atoms with Crippen LogP contribution in [0.4, 0.5) is 4.39 Å². The molecule has 116 valence electrons. The molecule has 0 spiro atoms. The van der Waals surface area contributed by atoms with Crippen molar-refractivity contribution in [3.05, 3.63) is 64.4 Å². The lowest BCUT2D eigenvalue weighted by Gasteiger charge is -2.15. The first-order chi connectivity index (χ1) is 10.5. The number of ether oxygens (including phenoxy) is 1. The number of carbonyl (C=O) groups excluding carboxylic acids is 1. The summed E-state index contributed by atoms with van der Waals surface area (Å²) in [7, 11) is 0. The summed E-state index contributed by atoms with van der Waals surface area (Å²) in [4.78, 5) is 11.9. The van der Waals surface area contributed by atoms with E-state index < -0.39 is 0 Å². The average molecular weight is 322 g/mol. The summed E-state index contributed by atoms with van der Waals surface area (Å²) in [6, 6.07) is 11.0. The van der Waals surface area contributed by atoms with Gasteiger partial charge in [-0.05, 0) is 55.3 Å². The summed E-state index contributed by atoms with van der Waals surface area (Å²) in [6.07, 6.45) is 0. The van der Waals surface area contributed by atoms with Gasteiger partial charge >= 0.3 is 0 Å². The van der Waals surface area contributed by atoms with Crippen LogP contribution in [0.15, 0.2) is 42.5 Å². The molecule has 1 amide bonds. The Labute approximate surface area is 134 Å². The summed E-state index contributed by atoms with van der Waals surface area (Å²) in [5.74, 6) is 0.0413. The first kappa shape index (κ1) is 16.3. The number of hydrogen-bond acceptors (Lipinski definition) is 2. The van der Waals surface area contributed by atoms with Gasteiger partial charge in [0.05, 0.1) is 6.04 Å². The smallest absolute Gasteiger partial charge is 0.258 e. The molecule has 0 saturated heterocycles. The fourth-order valence-corrected chi connectivity index (χ4v) is 2.09. The lowest BCUT2D eigenvalue weighted by atomic mass is 10.1. The standard InChI is InChI=1S/C17H17ClFNO2/c1-11-9-15(7-8-16(11)18)22-10-17(21)20-12(2)13-3-5-14(19)6-4-13/h3-9,12H,10H2,1-2H3,(H,20,21)/t12-/m0/s1. The van der Waals surface area contributed by atoms with Crippen molar-refractivity contribution in [1.82, 2.24) is 5.32 Å². The summed E-state index contributed by atoms with van der Waals surface area (Å²) in [6.45, 7) is 3.61. The van der Waals surface area contributed by atoms with Crippen molar-refractivity contribution >= 4 is 17.5 Å². The van der Waals surface area contributed by atoms with Crippen LogP contribution in [0.3, 0.4) is 0 Å². The highest BCUT2D eigenvalue weighted by Gasteiger charge is 2.10.